The minimum absolute atomic E-state index is 0.506. The molecule has 0 aliphatic rings. The second-order valence-corrected chi connectivity index (χ2v) is 3.44. The first-order chi connectivity index (χ1) is 7.90. The van der Waals surface area contributed by atoms with Crippen molar-refractivity contribution in [3.8, 4) is 5.75 Å². The second kappa shape index (κ2) is 5.38. The van der Waals surface area contributed by atoms with Crippen LogP contribution in [0.3, 0.4) is 0 Å². The smallest absolute Gasteiger partial charge is 0.330 e. The van der Waals surface area contributed by atoms with Crippen LogP contribution in [0.4, 0.5) is 0 Å². The van der Waals surface area contributed by atoms with Gasteiger partial charge < -0.3 is 9.76 Å². The predicted octanol–water partition coefficient (Wildman–Crippen LogP) is 1.50. The Balaban J connectivity index is 2.05. The van der Waals surface area contributed by atoms with Crippen molar-refractivity contribution in [1.82, 2.24) is 0 Å². The molecule has 0 aromatic heterocycles. The van der Waals surface area contributed by atoms with Crippen molar-refractivity contribution >= 4 is 12.9 Å². The van der Waals surface area contributed by atoms with Gasteiger partial charge in [0.2, 0.25) is 0 Å². The molecule has 2 rings (SSSR count). The Morgan fingerprint density at radius 1 is 0.938 bits per heavy atom. The van der Waals surface area contributed by atoms with Crippen molar-refractivity contribution in [2.24, 2.45) is 0 Å². The molecule has 0 aliphatic heterocycles. The van der Waals surface area contributed by atoms with Crippen molar-refractivity contribution in [3.05, 3.63) is 60.2 Å². The molecule has 0 heterocycles. The van der Waals surface area contributed by atoms with Gasteiger partial charge in [-0.15, -0.1) is 0 Å². The fourth-order valence-electron chi connectivity index (χ4n) is 1.45. The Bertz CT molecular complexity index is 443. The Morgan fingerprint density at radius 2 is 1.62 bits per heavy atom. The molecule has 0 atom stereocenters. The number of rotatable bonds is 4. The fourth-order valence-corrected chi connectivity index (χ4v) is 1.45. The summed E-state index contributed by atoms with van der Waals surface area (Å²) in [6, 6.07) is 17.3. The normalized spacial score (nSPS) is 9.81. The summed E-state index contributed by atoms with van der Waals surface area (Å²) in [5.74, 6) is 0.689. The van der Waals surface area contributed by atoms with Crippen LogP contribution in [0.1, 0.15) is 5.56 Å². The van der Waals surface area contributed by atoms with Gasteiger partial charge in [0.25, 0.3) is 0 Å². The van der Waals surface area contributed by atoms with E-state index >= 15 is 0 Å². The first-order valence-corrected chi connectivity index (χ1v) is 5.13. The van der Waals surface area contributed by atoms with Gasteiger partial charge in [0.1, 0.15) is 12.4 Å². The first kappa shape index (κ1) is 10.8. The lowest BCUT2D eigenvalue weighted by Crippen LogP contribution is -2.16. The lowest BCUT2D eigenvalue weighted by atomic mass is 9.88. The largest absolute Gasteiger partial charge is 0.489 e. The lowest BCUT2D eigenvalue weighted by molar-refractivity contribution is 0.308. The highest BCUT2D eigenvalue weighted by Crippen LogP contribution is 2.09. The zero-order chi connectivity index (χ0) is 11.2. The average molecular weight is 211 g/mol. The minimum Gasteiger partial charge on any atom is -0.489 e. The number of para-hydroxylation sites is 1. The number of hydrogen-bond acceptors (Lipinski definition) is 2. The molecule has 16 heavy (non-hydrogen) atoms. The Hall–Kier alpha value is -1.74. The molecule has 2 nitrogen and oxygen atoms in total. The van der Waals surface area contributed by atoms with E-state index in [0.29, 0.717) is 17.8 Å². The van der Waals surface area contributed by atoms with Crippen molar-refractivity contribution in [1.29, 1.82) is 0 Å². The summed E-state index contributed by atoms with van der Waals surface area (Å²) in [5, 5.41) is 9.01. The van der Waals surface area contributed by atoms with Crippen molar-refractivity contribution in [2.45, 2.75) is 6.61 Å². The van der Waals surface area contributed by atoms with Crippen LogP contribution in [0.5, 0.6) is 5.75 Å². The highest BCUT2D eigenvalue weighted by atomic mass is 16.5. The van der Waals surface area contributed by atoms with E-state index < -0.39 is 0 Å². The molecular formula is C13H12BO2. The lowest BCUT2D eigenvalue weighted by Gasteiger charge is -2.09. The average Bonchev–Trinajstić information content (AvgIpc) is 2.38. The van der Waals surface area contributed by atoms with Crippen LogP contribution in [0.2, 0.25) is 0 Å². The summed E-state index contributed by atoms with van der Waals surface area (Å²) < 4.78 is 5.62. The summed E-state index contributed by atoms with van der Waals surface area (Å²) in [7, 11) is 1.06. The van der Waals surface area contributed by atoms with Crippen LogP contribution in [-0.4, -0.2) is 12.5 Å². The molecule has 0 saturated heterocycles. The third-order valence-corrected chi connectivity index (χ3v) is 2.30. The quantitative estimate of drug-likeness (QED) is 0.776. The molecule has 3 heteroatoms. The summed E-state index contributed by atoms with van der Waals surface area (Å²) in [6.45, 7) is 0.506. The van der Waals surface area contributed by atoms with Gasteiger partial charge in [0.15, 0.2) is 0 Å². The third-order valence-electron chi connectivity index (χ3n) is 2.30. The maximum atomic E-state index is 9.01. The molecule has 79 valence electrons. The Morgan fingerprint density at radius 3 is 2.38 bits per heavy atom. The van der Waals surface area contributed by atoms with Gasteiger partial charge in [-0.05, 0) is 17.1 Å². The van der Waals surface area contributed by atoms with E-state index in [4.69, 9.17) is 9.76 Å². The molecule has 0 saturated carbocycles. The summed E-state index contributed by atoms with van der Waals surface area (Å²) in [6.07, 6.45) is 0. The van der Waals surface area contributed by atoms with Gasteiger partial charge in [-0.2, -0.15) is 0 Å². The van der Waals surface area contributed by atoms with Crippen molar-refractivity contribution < 1.29 is 9.76 Å². The molecule has 2 aromatic rings. The monoisotopic (exact) mass is 211 g/mol. The molecule has 2 aromatic carbocycles. The fraction of sp³-hybridized carbons (Fsp3) is 0.0769. The summed E-state index contributed by atoms with van der Waals surface area (Å²) in [4.78, 5) is 0. The molecule has 0 aliphatic carbocycles. The van der Waals surface area contributed by atoms with Crippen LogP contribution < -0.4 is 10.2 Å². The zero-order valence-electron chi connectivity index (χ0n) is 8.84. The van der Waals surface area contributed by atoms with E-state index in [-0.39, 0.29) is 0 Å². The highest BCUT2D eigenvalue weighted by molar-refractivity contribution is 6.46. The van der Waals surface area contributed by atoms with Crippen LogP contribution in [-0.2, 0) is 6.61 Å². The molecule has 0 unspecified atom stereocenters. The highest BCUT2D eigenvalue weighted by Gasteiger charge is 2.02. The van der Waals surface area contributed by atoms with Crippen LogP contribution in [0, 0.1) is 0 Å². The van der Waals surface area contributed by atoms with E-state index in [1.807, 2.05) is 48.5 Å². The summed E-state index contributed by atoms with van der Waals surface area (Å²) >= 11 is 0. The number of hydrogen-bond donors (Lipinski definition) is 1. The number of benzene rings is 2. The molecule has 0 spiro atoms. The molecule has 0 bridgehead atoms. The van der Waals surface area contributed by atoms with Gasteiger partial charge in [0, 0.05) is 0 Å². The molecule has 0 amide bonds. The number of ether oxygens (including phenoxy) is 1. The van der Waals surface area contributed by atoms with Gasteiger partial charge in [-0.3, -0.25) is 0 Å². The van der Waals surface area contributed by atoms with Gasteiger partial charge in [-0.1, -0.05) is 48.5 Å². The molecule has 1 N–H and O–H groups in total. The Labute approximate surface area is 95.8 Å². The minimum atomic E-state index is 0.506. The van der Waals surface area contributed by atoms with Gasteiger partial charge in [-0.25, -0.2) is 0 Å². The second-order valence-electron chi connectivity index (χ2n) is 3.44. The SMILES string of the molecule is O[B]c1ccccc1OCc1ccccc1. The molecular weight excluding hydrogens is 199 g/mol. The van der Waals surface area contributed by atoms with Crippen LogP contribution in [0.25, 0.3) is 0 Å². The maximum absolute atomic E-state index is 9.01. The van der Waals surface area contributed by atoms with E-state index in [1.165, 1.54) is 0 Å². The van der Waals surface area contributed by atoms with Crippen LogP contribution in [0.15, 0.2) is 54.6 Å². The van der Waals surface area contributed by atoms with Crippen LogP contribution >= 0.6 is 0 Å². The van der Waals surface area contributed by atoms with E-state index in [2.05, 4.69) is 0 Å². The van der Waals surface area contributed by atoms with Gasteiger partial charge >= 0.3 is 7.48 Å². The standard InChI is InChI=1S/C13H12BO2/c15-14-12-8-4-5-9-13(12)16-10-11-6-2-1-3-7-11/h1-9,15H,10H2. The predicted molar refractivity (Wildman–Crippen MR) is 64.8 cm³/mol. The first-order valence-electron chi connectivity index (χ1n) is 5.13. The molecule has 1 radical (unpaired) electrons. The van der Waals surface area contributed by atoms with Crippen molar-refractivity contribution in [3.63, 3.8) is 0 Å². The third kappa shape index (κ3) is 2.64. The maximum Gasteiger partial charge on any atom is 0.330 e. The Kier molecular flexibility index (Phi) is 3.62. The topological polar surface area (TPSA) is 29.5 Å². The van der Waals surface area contributed by atoms with Gasteiger partial charge in [0.05, 0.1) is 0 Å². The van der Waals surface area contributed by atoms with E-state index in [0.717, 1.165) is 13.0 Å². The zero-order valence-corrected chi connectivity index (χ0v) is 8.84. The van der Waals surface area contributed by atoms with E-state index in [9.17, 15) is 0 Å². The van der Waals surface area contributed by atoms with Crippen molar-refractivity contribution in [2.75, 3.05) is 0 Å². The summed E-state index contributed by atoms with van der Waals surface area (Å²) in [5.41, 5.74) is 1.80. The molecule has 0 fully saturated rings. The van der Waals surface area contributed by atoms with E-state index in [1.54, 1.807) is 6.07 Å².